The quantitative estimate of drug-likeness (QED) is 0.469. The molecular weight excluding hydrogens is 398 g/mol. The van der Waals surface area contributed by atoms with Gasteiger partial charge >= 0.3 is 5.69 Å². The van der Waals surface area contributed by atoms with Crippen molar-refractivity contribution in [2.45, 2.75) is 33.0 Å². The monoisotopic (exact) mass is 423 g/mol. The van der Waals surface area contributed by atoms with Crippen molar-refractivity contribution < 1.29 is 14.4 Å². The zero-order valence-corrected chi connectivity index (χ0v) is 17.3. The van der Waals surface area contributed by atoms with Crippen LogP contribution in [-0.4, -0.2) is 33.4 Å². The van der Waals surface area contributed by atoms with Crippen LogP contribution in [0.4, 0.5) is 0 Å². The van der Waals surface area contributed by atoms with Gasteiger partial charge in [0.2, 0.25) is 11.8 Å². The number of fused-ring (bicyclic) bond motifs is 1. The molecule has 9 nitrogen and oxygen atoms in total. The first-order chi connectivity index (χ1) is 14.9. The van der Waals surface area contributed by atoms with Crippen molar-refractivity contribution in [1.29, 1.82) is 0 Å². The molecule has 4 N–H and O–H groups in total. The highest BCUT2D eigenvalue weighted by atomic mass is 16.2. The van der Waals surface area contributed by atoms with Crippen LogP contribution in [0.15, 0.2) is 53.3 Å². The Labute approximate surface area is 178 Å². The molecule has 0 radical (unpaired) electrons. The molecule has 0 aliphatic rings. The third kappa shape index (κ3) is 5.19. The van der Waals surface area contributed by atoms with Gasteiger partial charge in [0.05, 0.1) is 17.6 Å². The van der Waals surface area contributed by atoms with Gasteiger partial charge in [-0.1, -0.05) is 31.2 Å². The molecule has 2 aromatic carbocycles. The molecule has 3 rings (SSSR count). The third-order valence-corrected chi connectivity index (χ3v) is 4.80. The van der Waals surface area contributed by atoms with E-state index in [2.05, 4.69) is 10.6 Å². The number of carbonyl (C=O) groups is 3. The van der Waals surface area contributed by atoms with Crippen molar-refractivity contribution in [3.63, 3.8) is 0 Å². The van der Waals surface area contributed by atoms with Crippen LogP contribution >= 0.6 is 0 Å². The summed E-state index contributed by atoms with van der Waals surface area (Å²) >= 11 is 0. The first kappa shape index (κ1) is 21.8. The molecular formula is C22H25N5O4. The zero-order valence-electron chi connectivity index (χ0n) is 17.3. The number of hydrogen-bond acceptors (Lipinski definition) is 4. The molecule has 0 aliphatic carbocycles. The number of primary amides is 1. The van der Waals surface area contributed by atoms with Gasteiger partial charge in [0, 0.05) is 18.7 Å². The minimum atomic E-state index is -0.621. The smallest absolute Gasteiger partial charge is 0.329 e. The second-order valence-corrected chi connectivity index (χ2v) is 7.13. The number of rotatable bonds is 9. The zero-order chi connectivity index (χ0) is 22.4. The highest BCUT2D eigenvalue weighted by Gasteiger charge is 2.15. The van der Waals surface area contributed by atoms with Crippen LogP contribution in [0, 0.1) is 0 Å². The first-order valence-electron chi connectivity index (χ1n) is 10.0. The van der Waals surface area contributed by atoms with Crippen molar-refractivity contribution >= 4 is 28.8 Å². The number of imidazole rings is 1. The van der Waals surface area contributed by atoms with Gasteiger partial charge < -0.3 is 16.4 Å². The van der Waals surface area contributed by atoms with Crippen molar-refractivity contribution in [3.8, 4) is 0 Å². The number of hydrogen-bond donors (Lipinski definition) is 3. The van der Waals surface area contributed by atoms with Gasteiger partial charge in [-0.15, -0.1) is 0 Å². The summed E-state index contributed by atoms with van der Waals surface area (Å²) < 4.78 is 3.16. The fraction of sp³-hybridized carbons (Fsp3) is 0.273. The summed E-state index contributed by atoms with van der Waals surface area (Å²) in [6.45, 7) is 2.53. The highest BCUT2D eigenvalue weighted by Crippen LogP contribution is 2.13. The molecule has 0 unspecified atom stereocenters. The van der Waals surface area contributed by atoms with E-state index >= 15 is 0 Å². The maximum absolute atomic E-state index is 12.8. The molecule has 0 saturated heterocycles. The molecule has 0 atom stereocenters. The molecule has 3 aromatic rings. The number of benzene rings is 2. The van der Waals surface area contributed by atoms with E-state index in [1.165, 1.54) is 4.57 Å². The van der Waals surface area contributed by atoms with Crippen molar-refractivity contribution in [3.05, 3.63) is 70.1 Å². The molecule has 9 heteroatoms. The maximum Gasteiger partial charge on any atom is 0.329 e. The number of para-hydroxylation sites is 2. The summed E-state index contributed by atoms with van der Waals surface area (Å²) in [7, 11) is 0. The molecule has 3 amide bonds. The molecule has 31 heavy (non-hydrogen) atoms. The van der Waals surface area contributed by atoms with E-state index in [9.17, 15) is 19.2 Å². The number of amides is 3. The summed E-state index contributed by atoms with van der Waals surface area (Å²) in [5.41, 5.74) is 7.51. The average Bonchev–Trinajstić information content (AvgIpc) is 3.02. The predicted molar refractivity (Wildman–Crippen MR) is 116 cm³/mol. The third-order valence-electron chi connectivity index (χ3n) is 4.80. The predicted octanol–water partition coefficient (Wildman–Crippen LogP) is 0.745. The Morgan fingerprint density at radius 2 is 1.58 bits per heavy atom. The number of nitrogens with one attached hydrogen (secondary N) is 2. The number of carbonyl (C=O) groups excluding carboxylic acids is 3. The van der Waals surface area contributed by atoms with E-state index in [1.807, 2.05) is 31.2 Å². The summed E-state index contributed by atoms with van der Waals surface area (Å²) in [5, 5.41) is 5.21. The normalized spacial score (nSPS) is 10.7. The Morgan fingerprint density at radius 3 is 2.19 bits per heavy atom. The second-order valence-electron chi connectivity index (χ2n) is 7.13. The van der Waals surface area contributed by atoms with Crippen LogP contribution in [0.5, 0.6) is 0 Å². The Hall–Kier alpha value is -3.88. The summed E-state index contributed by atoms with van der Waals surface area (Å²) in [4.78, 5) is 47.9. The van der Waals surface area contributed by atoms with E-state index in [4.69, 9.17) is 5.73 Å². The minimum Gasteiger partial charge on any atom is -0.368 e. The van der Waals surface area contributed by atoms with Gasteiger partial charge in [0.15, 0.2) is 0 Å². The molecule has 0 spiro atoms. The van der Waals surface area contributed by atoms with Crippen LogP contribution in [0.25, 0.3) is 11.0 Å². The first-order valence-corrected chi connectivity index (χ1v) is 10.0. The lowest BCUT2D eigenvalue weighted by atomic mass is 10.1. The molecule has 0 bridgehead atoms. The molecule has 0 fully saturated rings. The second kappa shape index (κ2) is 9.75. The summed E-state index contributed by atoms with van der Waals surface area (Å²) in [6.07, 6.45) is 0.816. The van der Waals surface area contributed by atoms with Crippen molar-refractivity contribution in [1.82, 2.24) is 19.8 Å². The van der Waals surface area contributed by atoms with E-state index in [0.717, 1.165) is 23.0 Å². The van der Waals surface area contributed by atoms with Gasteiger partial charge in [0.1, 0.15) is 6.54 Å². The van der Waals surface area contributed by atoms with E-state index < -0.39 is 11.8 Å². The summed E-state index contributed by atoms with van der Waals surface area (Å²) in [6, 6.07) is 14.0. The lowest BCUT2D eigenvalue weighted by Crippen LogP contribution is -2.33. The van der Waals surface area contributed by atoms with Gasteiger partial charge in [0.25, 0.3) is 5.91 Å². The lowest BCUT2D eigenvalue weighted by molar-refractivity contribution is -0.121. The van der Waals surface area contributed by atoms with Crippen molar-refractivity contribution in [2.75, 3.05) is 6.54 Å². The van der Waals surface area contributed by atoms with E-state index in [-0.39, 0.29) is 31.2 Å². The highest BCUT2D eigenvalue weighted by molar-refractivity contribution is 5.96. The topological polar surface area (TPSA) is 128 Å². The van der Waals surface area contributed by atoms with Gasteiger partial charge in [-0.2, -0.15) is 0 Å². The molecule has 1 heterocycles. The molecule has 0 saturated carbocycles. The summed E-state index contributed by atoms with van der Waals surface area (Å²) in [5.74, 6) is -1.31. The standard InChI is InChI=1S/C22H25N5O4/c1-2-11-26-17-5-3-4-6-18(17)27(22(26)31)14-20(29)24-12-15-7-9-16(10-8-15)21(30)25-13-19(23)28/h3-10H,2,11-14H2,1H3,(H2,23,28)(H,24,29)(H,25,30). The lowest BCUT2D eigenvalue weighted by Gasteiger charge is -2.08. The molecule has 1 aromatic heterocycles. The Bertz CT molecular complexity index is 1160. The number of nitrogens with zero attached hydrogens (tertiary/aromatic N) is 2. The van der Waals surface area contributed by atoms with Crippen molar-refractivity contribution in [2.24, 2.45) is 5.73 Å². The molecule has 0 aliphatic heterocycles. The largest absolute Gasteiger partial charge is 0.368 e. The maximum atomic E-state index is 12.8. The Balaban J connectivity index is 1.63. The van der Waals surface area contributed by atoms with Crippen LogP contribution in [-0.2, 0) is 29.2 Å². The van der Waals surface area contributed by atoms with Crippen LogP contribution in [0.3, 0.4) is 0 Å². The molecule has 162 valence electrons. The SMILES string of the molecule is CCCn1c(=O)n(CC(=O)NCc2ccc(C(=O)NCC(N)=O)cc2)c2ccccc21. The van der Waals surface area contributed by atoms with Crippen LogP contribution in [0.1, 0.15) is 29.3 Å². The van der Waals surface area contributed by atoms with Crippen LogP contribution in [0.2, 0.25) is 0 Å². The van der Waals surface area contributed by atoms with Gasteiger partial charge in [-0.3, -0.25) is 23.5 Å². The number of aromatic nitrogens is 2. The minimum absolute atomic E-state index is 0.0797. The average molecular weight is 423 g/mol. The number of nitrogens with two attached hydrogens (primary N) is 1. The Kier molecular flexibility index (Phi) is 6.86. The van der Waals surface area contributed by atoms with Gasteiger partial charge in [-0.25, -0.2) is 4.79 Å². The Morgan fingerprint density at radius 1 is 0.935 bits per heavy atom. The fourth-order valence-electron chi connectivity index (χ4n) is 3.31. The van der Waals surface area contributed by atoms with E-state index in [0.29, 0.717) is 12.1 Å². The van der Waals surface area contributed by atoms with Gasteiger partial charge in [-0.05, 0) is 36.2 Å². The van der Waals surface area contributed by atoms with E-state index in [1.54, 1.807) is 28.8 Å². The van der Waals surface area contributed by atoms with Crippen LogP contribution < -0.4 is 22.1 Å². The fourth-order valence-corrected chi connectivity index (χ4v) is 3.31. The number of aryl methyl sites for hydroxylation is 1.